The second kappa shape index (κ2) is 8.68. The van der Waals surface area contributed by atoms with Crippen LogP contribution in [0.1, 0.15) is 10.4 Å². The fraction of sp³-hybridized carbons (Fsp3) is 0.278. The van der Waals surface area contributed by atoms with E-state index in [1.54, 1.807) is 19.2 Å². The van der Waals surface area contributed by atoms with E-state index in [1.807, 2.05) is 12.1 Å². The smallest absolute Gasteiger partial charge is 0.251 e. The normalized spacial score (nSPS) is 11.2. The first-order chi connectivity index (χ1) is 12.4. The summed E-state index contributed by atoms with van der Waals surface area (Å²) in [5, 5.41) is 2.72. The van der Waals surface area contributed by atoms with Gasteiger partial charge in [-0.15, -0.1) is 0 Å². The van der Waals surface area contributed by atoms with Gasteiger partial charge in [-0.3, -0.25) is 4.79 Å². The van der Waals surface area contributed by atoms with Crippen LogP contribution in [0.3, 0.4) is 0 Å². The standard InChI is InChI=1S/C18H22N2O5S/c1-20(2)26(22,23)15-10-8-14(9-11-15)18(21)19-12-13-25-17-7-5-4-6-16(17)24-3/h4-11H,12-13H2,1-3H3,(H,19,21). The Labute approximate surface area is 153 Å². The van der Waals surface area contributed by atoms with E-state index in [0.29, 0.717) is 23.6 Å². The maximum Gasteiger partial charge on any atom is 0.251 e. The van der Waals surface area contributed by atoms with Crippen LogP contribution in [-0.2, 0) is 10.0 Å². The van der Waals surface area contributed by atoms with E-state index in [4.69, 9.17) is 9.47 Å². The summed E-state index contributed by atoms with van der Waals surface area (Å²) in [5.74, 6) is 0.918. The predicted octanol–water partition coefficient (Wildman–Crippen LogP) is 1.75. The summed E-state index contributed by atoms with van der Waals surface area (Å²) >= 11 is 0. The molecular formula is C18H22N2O5S. The van der Waals surface area contributed by atoms with Gasteiger partial charge in [0, 0.05) is 19.7 Å². The molecule has 0 aliphatic carbocycles. The number of carbonyl (C=O) groups is 1. The zero-order valence-electron chi connectivity index (χ0n) is 14.9. The van der Waals surface area contributed by atoms with E-state index in [-0.39, 0.29) is 17.4 Å². The van der Waals surface area contributed by atoms with E-state index >= 15 is 0 Å². The van der Waals surface area contributed by atoms with Crippen LogP contribution in [0.4, 0.5) is 0 Å². The number of sulfonamides is 1. The lowest BCUT2D eigenvalue weighted by atomic mass is 10.2. The molecule has 0 bridgehead atoms. The Kier molecular flexibility index (Phi) is 6.59. The van der Waals surface area contributed by atoms with Gasteiger partial charge in [-0.25, -0.2) is 12.7 Å². The average Bonchev–Trinajstić information content (AvgIpc) is 2.65. The Balaban J connectivity index is 1.88. The van der Waals surface area contributed by atoms with Crippen molar-refractivity contribution in [2.75, 3.05) is 34.4 Å². The quantitative estimate of drug-likeness (QED) is 0.708. The van der Waals surface area contributed by atoms with Crippen molar-refractivity contribution in [3.05, 3.63) is 54.1 Å². The second-order valence-electron chi connectivity index (χ2n) is 5.57. The van der Waals surface area contributed by atoms with Gasteiger partial charge in [-0.05, 0) is 36.4 Å². The molecule has 2 aromatic rings. The fourth-order valence-corrected chi connectivity index (χ4v) is 3.06. The molecule has 0 fully saturated rings. The van der Waals surface area contributed by atoms with Crippen LogP contribution in [0.15, 0.2) is 53.4 Å². The van der Waals surface area contributed by atoms with Crippen LogP contribution >= 0.6 is 0 Å². The zero-order chi connectivity index (χ0) is 19.2. The maximum atomic E-state index is 12.1. The Morgan fingerprint density at radius 2 is 1.65 bits per heavy atom. The summed E-state index contributed by atoms with van der Waals surface area (Å²) in [6.45, 7) is 0.577. The molecule has 0 unspecified atom stereocenters. The monoisotopic (exact) mass is 378 g/mol. The minimum Gasteiger partial charge on any atom is -0.493 e. The van der Waals surface area contributed by atoms with Crippen molar-refractivity contribution in [1.29, 1.82) is 0 Å². The molecule has 0 saturated heterocycles. The van der Waals surface area contributed by atoms with Crippen LogP contribution < -0.4 is 14.8 Å². The van der Waals surface area contributed by atoms with Crippen molar-refractivity contribution < 1.29 is 22.7 Å². The first-order valence-electron chi connectivity index (χ1n) is 7.93. The van der Waals surface area contributed by atoms with Gasteiger partial charge in [0.15, 0.2) is 11.5 Å². The van der Waals surface area contributed by atoms with Crippen molar-refractivity contribution in [3.8, 4) is 11.5 Å². The number of nitrogens with zero attached hydrogens (tertiary/aromatic N) is 1. The first-order valence-corrected chi connectivity index (χ1v) is 9.37. The average molecular weight is 378 g/mol. The largest absolute Gasteiger partial charge is 0.493 e. The molecule has 0 atom stereocenters. The lowest BCUT2D eigenvalue weighted by molar-refractivity contribution is 0.0946. The fourth-order valence-electron chi connectivity index (χ4n) is 2.15. The van der Waals surface area contributed by atoms with Crippen LogP contribution in [0.5, 0.6) is 11.5 Å². The van der Waals surface area contributed by atoms with E-state index < -0.39 is 10.0 Å². The summed E-state index contributed by atoms with van der Waals surface area (Å²) < 4.78 is 35.9. The minimum atomic E-state index is -3.51. The Hall–Kier alpha value is -2.58. The number of rotatable bonds is 8. The zero-order valence-corrected chi connectivity index (χ0v) is 15.7. The minimum absolute atomic E-state index is 0.138. The van der Waals surface area contributed by atoms with Crippen molar-refractivity contribution in [2.24, 2.45) is 0 Å². The van der Waals surface area contributed by atoms with E-state index in [9.17, 15) is 13.2 Å². The number of nitrogens with one attached hydrogen (secondary N) is 1. The second-order valence-corrected chi connectivity index (χ2v) is 7.72. The molecule has 1 amide bonds. The Morgan fingerprint density at radius 1 is 1.04 bits per heavy atom. The van der Waals surface area contributed by atoms with Gasteiger partial charge in [0.25, 0.3) is 5.91 Å². The summed E-state index contributed by atoms with van der Waals surface area (Å²) in [4.78, 5) is 12.3. The number of ether oxygens (including phenoxy) is 2. The molecule has 2 rings (SSSR count). The SMILES string of the molecule is COc1ccccc1OCCNC(=O)c1ccc(S(=O)(=O)N(C)C)cc1. The van der Waals surface area contributed by atoms with Gasteiger partial charge in [0.05, 0.1) is 18.6 Å². The number of benzene rings is 2. The topological polar surface area (TPSA) is 84.9 Å². The molecule has 0 aliphatic rings. The molecule has 1 N–H and O–H groups in total. The van der Waals surface area contributed by atoms with Crippen molar-refractivity contribution in [1.82, 2.24) is 9.62 Å². The number of amides is 1. The van der Waals surface area contributed by atoms with Gasteiger partial charge in [0.2, 0.25) is 10.0 Å². The van der Waals surface area contributed by atoms with Crippen molar-refractivity contribution in [2.45, 2.75) is 4.90 Å². The van der Waals surface area contributed by atoms with Crippen molar-refractivity contribution in [3.63, 3.8) is 0 Å². The highest BCUT2D eigenvalue weighted by Crippen LogP contribution is 2.25. The van der Waals surface area contributed by atoms with E-state index in [1.165, 1.54) is 38.4 Å². The molecule has 8 heteroatoms. The highest BCUT2D eigenvalue weighted by atomic mass is 32.2. The van der Waals surface area contributed by atoms with Gasteiger partial charge in [0.1, 0.15) is 6.61 Å². The number of hydrogen-bond acceptors (Lipinski definition) is 5. The van der Waals surface area contributed by atoms with E-state index in [2.05, 4.69) is 5.32 Å². The third-order valence-electron chi connectivity index (χ3n) is 3.61. The molecule has 26 heavy (non-hydrogen) atoms. The van der Waals surface area contributed by atoms with Gasteiger partial charge >= 0.3 is 0 Å². The molecule has 0 saturated carbocycles. The molecule has 7 nitrogen and oxygen atoms in total. The number of methoxy groups -OCH3 is 1. The van der Waals surface area contributed by atoms with Crippen LogP contribution in [0.2, 0.25) is 0 Å². The molecule has 0 aromatic heterocycles. The van der Waals surface area contributed by atoms with Crippen LogP contribution in [0.25, 0.3) is 0 Å². The van der Waals surface area contributed by atoms with Gasteiger partial charge < -0.3 is 14.8 Å². The van der Waals surface area contributed by atoms with Crippen LogP contribution in [-0.4, -0.2) is 53.0 Å². The summed E-state index contributed by atoms with van der Waals surface area (Å²) in [7, 11) is 0.964. The highest BCUT2D eigenvalue weighted by molar-refractivity contribution is 7.89. The molecule has 0 heterocycles. The molecule has 0 radical (unpaired) electrons. The van der Waals surface area contributed by atoms with E-state index in [0.717, 1.165) is 4.31 Å². The third-order valence-corrected chi connectivity index (χ3v) is 5.44. The number of carbonyl (C=O) groups excluding carboxylic acids is 1. The predicted molar refractivity (Wildman–Crippen MR) is 98.1 cm³/mol. The van der Waals surface area contributed by atoms with Gasteiger partial charge in [-0.1, -0.05) is 12.1 Å². The maximum absolute atomic E-state index is 12.1. The summed E-state index contributed by atoms with van der Waals surface area (Å²) in [6.07, 6.45) is 0. The van der Waals surface area contributed by atoms with Crippen LogP contribution in [0, 0.1) is 0 Å². The molecule has 140 valence electrons. The Bertz CT molecular complexity index is 848. The molecule has 2 aromatic carbocycles. The highest BCUT2D eigenvalue weighted by Gasteiger charge is 2.17. The first kappa shape index (κ1) is 19.7. The summed E-state index contributed by atoms with van der Waals surface area (Å²) in [5.41, 5.74) is 0.375. The number of hydrogen-bond donors (Lipinski definition) is 1. The summed E-state index contributed by atoms with van der Waals surface area (Å²) in [6, 6.07) is 13.0. The lowest BCUT2D eigenvalue weighted by Gasteiger charge is -2.12. The lowest BCUT2D eigenvalue weighted by Crippen LogP contribution is -2.28. The third kappa shape index (κ3) is 4.74. The molecule has 0 spiro atoms. The Morgan fingerprint density at radius 3 is 2.23 bits per heavy atom. The number of para-hydroxylation sites is 2. The van der Waals surface area contributed by atoms with Crippen molar-refractivity contribution >= 4 is 15.9 Å². The molecule has 0 aliphatic heterocycles. The van der Waals surface area contributed by atoms with Gasteiger partial charge in [-0.2, -0.15) is 0 Å². The molecular weight excluding hydrogens is 356 g/mol.